The Balaban J connectivity index is 2.37. The van der Waals surface area contributed by atoms with Crippen LogP contribution in [0.1, 0.15) is 18.5 Å². The summed E-state index contributed by atoms with van der Waals surface area (Å²) in [5.41, 5.74) is 1.78. The minimum Gasteiger partial charge on any atom is -0.480 e. The van der Waals surface area contributed by atoms with E-state index in [4.69, 9.17) is 16.7 Å². The van der Waals surface area contributed by atoms with E-state index in [2.05, 4.69) is 0 Å². The highest BCUT2D eigenvalue weighted by atomic mass is 35.5. The first kappa shape index (κ1) is 14.4. The average Bonchev–Trinajstić information content (AvgIpc) is 2.45. The number of benzene rings is 2. The highest BCUT2D eigenvalue weighted by Crippen LogP contribution is 2.30. The zero-order valence-corrected chi connectivity index (χ0v) is 11.9. The van der Waals surface area contributed by atoms with Gasteiger partial charge in [-0.05, 0) is 30.7 Å². The van der Waals surface area contributed by atoms with Crippen LogP contribution in [-0.2, 0) is 4.79 Å². The number of hydrogen-bond donors (Lipinski definition) is 1. The Kier molecular flexibility index (Phi) is 4.64. The average molecular weight is 290 g/mol. The van der Waals surface area contributed by atoms with Crippen LogP contribution in [0.3, 0.4) is 0 Å². The maximum Gasteiger partial charge on any atom is 0.323 e. The van der Waals surface area contributed by atoms with Gasteiger partial charge in [0.1, 0.15) is 6.54 Å². The second kappa shape index (κ2) is 6.44. The van der Waals surface area contributed by atoms with Crippen molar-refractivity contribution < 1.29 is 9.90 Å². The highest BCUT2D eigenvalue weighted by Gasteiger charge is 2.20. The van der Waals surface area contributed by atoms with Crippen molar-refractivity contribution in [1.82, 2.24) is 0 Å². The Morgan fingerprint density at radius 1 is 1.15 bits per heavy atom. The van der Waals surface area contributed by atoms with E-state index >= 15 is 0 Å². The lowest BCUT2D eigenvalue weighted by Crippen LogP contribution is -2.32. The summed E-state index contributed by atoms with van der Waals surface area (Å²) in [5, 5.41) is 9.78. The summed E-state index contributed by atoms with van der Waals surface area (Å²) in [5.74, 6) is -0.868. The molecule has 1 N–H and O–H groups in total. The van der Waals surface area contributed by atoms with Gasteiger partial charge in [0, 0.05) is 10.7 Å². The minimum absolute atomic E-state index is 0.0730. The van der Waals surface area contributed by atoms with Crippen LogP contribution in [0.5, 0.6) is 0 Å². The molecule has 3 nitrogen and oxygen atoms in total. The van der Waals surface area contributed by atoms with Gasteiger partial charge in [-0.2, -0.15) is 0 Å². The van der Waals surface area contributed by atoms with E-state index in [-0.39, 0.29) is 12.6 Å². The van der Waals surface area contributed by atoms with Crippen molar-refractivity contribution in [2.24, 2.45) is 0 Å². The van der Waals surface area contributed by atoms with Gasteiger partial charge in [-0.3, -0.25) is 4.79 Å². The molecule has 1 unspecified atom stereocenters. The van der Waals surface area contributed by atoms with E-state index in [9.17, 15) is 4.79 Å². The van der Waals surface area contributed by atoms with E-state index in [0.29, 0.717) is 5.02 Å². The number of aliphatic carboxylic acids is 1. The smallest absolute Gasteiger partial charge is 0.323 e. The molecule has 0 saturated carbocycles. The maximum atomic E-state index is 11.1. The molecule has 2 aromatic carbocycles. The Morgan fingerprint density at radius 3 is 2.35 bits per heavy atom. The predicted molar refractivity (Wildman–Crippen MR) is 81.3 cm³/mol. The summed E-state index contributed by atoms with van der Waals surface area (Å²) >= 11 is 6.21. The Hall–Kier alpha value is -2.00. The first-order chi connectivity index (χ1) is 9.59. The molecule has 0 spiro atoms. The quantitative estimate of drug-likeness (QED) is 0.905. The Morgan fingerprint density at radius 2 is 1.75 bits per heavy atom. The number of hydrogen-bond acceptors (Lipinski definition) is 2. The summed E-state index contributed by atoms with van der Waals surface area (Å²) in [4.78, 5) is 13.0. The minimum atomic E-state index is -0.868. The molecular weight excluding hydrogens is 274 g/mol. The molecule has 4 heteroatoms. The van der Waals surface area contributed by atoms with Crippen molar-refractivity contribution >= 4 is 23.3 Å². The number of carbonyl (C=O) groups is 1. The standard InChI is InChI=1S/C16H16ClNO2/c1-12(14-9-5-6-10-15(14)17)18(11-16(19)20)13-7-3-2-4-8-13/h2-10,12H,11H2,1H3,(H,19,20). The third kappa shape index (κ3) is 3.31. The molecule has 0 aromatic heterocycles. The number of carboxylic acids is 1. The van der Waals surface area contributed by atoms with Crippen molar-refractivity contribution in [3.63, 3.8) is 0 Å². The molecule has 0 saturated heterocycles. The molecule has 20 heavy (non-hydrogen) atoms. The van der Waals surface area contributed by atoms with Crippen molar-refractivity contribution in [3.05, 3.63) is 65.2 Å². The first-order valence-corrected chi connectivity index (χ1v) is 6.75. The molecule has 1 atom stereocenters. The number of halogens is 1. The molecule has 0 bridgehead atoms. The number of anilines is 1. The second-order valence-electron chi connectivity index (χ2n) is 4.55. The number of para-hydroxylation sites is 1. The lowest BCUT2D eigenvalue weighted by Gasteiger charge is -2.30. The van der Waals surface area contributed by atoms with Gasteiger partial charge in [0.2, 0.25) is 0 Å². The van der Waals surface area contributed by atoms with Crippen molar-refractivity contribution in [1.29, 1.82) is 0 Å². The zero-order valence-electron chi connectivity index (χ0n) is 11.2. The molecule has 0 amide bonds. The summed E-state index contributed by atoms with van der Waals surface area (Å²) in [7, 11) is 0. The first-order valence-electron chi connectivity index (χ1n) is 6.37. The highest BCUT2D eigenvalue weighted by molar-refractivity contribution is 6.31. The lowest BCUT2D eigenvalue weighted by molar-refractivity contribution is -0.135. The van der Waals surface area contributed by atoms with E-state index in [1.165, 1.54) is 0 Å². The van der Waals surface area contributed by atoms with Crippen LogP contribution < -0.4 is 4.90 Å². The van der Waals surface area contributed by atoms with Gasteiger partial charge in [-0.15, -0.1) is 0 Å². The van der Waals surface area contributed by atoms with E-state index < -0.39 is 5.97 Å². The van der Waals surface area contributed by atoms with Crippen LogP contribution in [0.4, 0.5) is 5.69 Å². The van der Waals surface area contributed by atoms with Crippen molar-refractivity contribution in [3.8, 4) is 0 Å². The van der Waals surface area contributed by atoms with Crippen molar-refractivity contribution in [2.45, 2.75) is 13.0 Å². The molecule has 0 aliphatic carbocycles. The van der Waals surface area contributed by atoms with E-state index in [1.807, 2.05) is 66.4 Å². The van der Waals surface area contributed by atoms with Crippen molar-refractivity contribution in [2.75, 3.05) is 11.4 Å². The van der Waals surface area contributed by atoms with Gasteiger partial charge in [0.05, 0.1) is 6.04 Å². The van der Waals surface area contributed by atoms with E-state index in [1.54, 1.807) is 0 Å². The Labute approximate surface area is 123 Å². The molecule has 104 valence electrons. The molecule has 0 fully saturated rings. The summed E-state index contributed by atoms with van der Waals surface area (Å²) < 4.78 is 0. The molecule has 2 rings (SSSR count). The van der Waals surface area contributed by atoms with Gasteiger partial charge in [-0.25, -0.2) is 0 Å². The molecule has 0 aliphatic rings. The fraction of sp³-hybridized carbons (Fsp3) is 0.188. The monoisotopic (exact) mass is 289 g/mol. The third-order valence-corrected chi connectivity index (χ3v) is 3.56. The van der Waals surface area contributed by atoms with Crippen LogP contribution >= 0.6 is 11.6 Å². The summed E-state index contributed by atoms with van der Waals surface area (Å²) in [6, 6.07) is 16.9. The largest absolute Gasteiger partial charge is 0.480 e. The van der Waals surface area contributed by atoms with Crippen LogP contribution in [-0.4, -0.2) is 17.6 Å². The normalized spacial score (nSPS) is 11.9. The molecule has 0 radical (unpaired) electrons. The lowest BCUT2D eigenvalue weighted by atomic mass is 10.1. The van der Waals surface area contributed by atoms with Gasteiger partial charge in [0.25, 0.3) is 0 Å². The van der Waals surface area contributed by atoms with Gasteiger partial charge < -0.3 is 10.0 Å². The molecule has 0 heterocycles. The van der Waals surface area contributed by atoms with Crippen LogP contribution in [0.15, 0.2) is 54.6 Å². The van der Waals surface area contributed by atoms with Gasteiger partial charge in [0.15, 0.2) is 0 Å². The number of rotatable bonds is 5. The van der Waals surface area contributed by atoms with Gasteiger partial charge >= 0.3 is 5.97 Å². The maximum absolute atomic E-state index is 11.1. The van der Waals surface area contributed by atoms with E-state index in [0.717, 1.165) is 11.3 Å². The summed E-state index contributed by atoms with van der Waals surface area (Å²) in [6.45, 7) is 1.88. The van der Waals surface area contributed by atoms with Gasteiger partial charge in [-0.1, -0.05) is 48.0 Å². The molecule has 2 aromatic rings. The predicted octanol–water partition coefficient (Wildman–Crippen LogP) is 3.99. The molecule has 0 aliphatic heterocycles. The van der Waals surface area contributed by atoms with Crippen LogP contribution in [0, 0.1) is 0 Å². The fourth-order valence-corrected chi connectivity index (χ4v) is 2.49. The number of nitrogens with zero attached hydrogens (tertiary/aromatic N) is 1. The number of carboxylic acid groups (broad SMARTS) is 1. The third-order valence-electron chi connectivity index (χ3n) is 3.22. The fourth-order valence-electron chi connectivity index (χ4n) is 2.20. The topological polar surface area (TPSA) is 40.5 Å². The second-order valence-corrected chi connectivity index (χ2v) is 4.96. The molecular formula is C16H16ClNO2. The van der Waals surface area contributed by atoms with Crippen LogP contribution in [0.2, 0.25) is 5.02 Å². The summed E-state index contributed by atoms with van der Waals surface area (Å²) in [6.07, 6.45) is 0. The zero-order chi connectivity index (χ0) is 14.5. The SMILES string of the molecule is CC(c1ccccc1Cl)N(CC(=O)O)c1ccccc1. The Bertz CT molecular complexity index is 586. The van der Waals surface area contributed by atoms with Crippen LogP contribution in [0.25, 0.3) is 0 Å².